The lowest BCUT2D eigenvalue weighted by Crippen LogP contribution is -2.64. The second-order valence-electron chi connectivity index (χ2n) is 15.4. The second kappa shape index (κ2) is 17.2. The van der Waals surface area contributed by atoms with E-state index in [2.05, 4.69) is 0 Å². The van der Waals surface area contributed by atoms with Crippen LogP contribution < -0.4 is 0 Å². The predicted molar refractivity (Wildman–Crippen MR) is 170 cm³/mol. The summed E-state index contributed by atoms with van der Waals surface area (Å²) in [6.07, 6.45) is -22.8. The van der Waals surface area contributed by atoms with Gasteiger partial charge in [-0.25, -0.2) is 0 Å². The number of rotatable bonds is 9. The van der Waals surface area contributed by atoms with Crippen molar-refractivity contribution in [2.24, 2.45) is 11.8 Å². The molecule has 21 unspecified atom stereocenters. The average molecular weight is 758 g/mol. The normalized spacial score (nSPS) is 54.8. The molecule has 0 radical (unpaired) electrons. The highest BCUT2D eigenvalue weighted by molar-refractivity contribution is 4.99. The van der Waals surface area contributed by atoms with Crippen molar-refractivity contribution in [3.63, 3.8) is 0 Å². The third kappa shape index (κ3) is 8.48. The van der Waals surface area contributed by atoms with Crippen LogP contribution in [0.2, 0.25) is 0 Å². The van der Waals surface area contributed by atoms with E-state index in [0.29, 0.717) is 32.1 Å². The molecule has 19 heteroatoms. The minimum Gasteiger partial charge on any atom is -0.427 e. The zero-order chi connectivity index (χ0) is 37.6. The topological polar surface area (TPSA) is 311 Å². The number of aliphatic hydroxyl groups is 14. The van der Waals surface area contributed by atoms with Gasteiger partial charge in [-0.1, -0.05) is 0 Å². The van der Waals surface area contributed by atoms with Gasteiger partial charge in [-0.3, -0.25) is 0 Å². The summed E-state index contributed by atoms with van der Waals surface area (Å²) < 4.78 is 40.0. The van der Waals surface area contributed by atoms with Crippen molar-refractivity contribution in [2.75, 3.05) is 13.2 Å². The molecule has 0 aromatic carbocycles. The van der Waals surface area contributed by atoms with E-state index in [1.165, 1.54) is 6.92 Å². The first kappa shape index (κ1) is 40.9. The average Bonchev–Trinajstić information content (AvgIpc) is 3.12. The van der Waals surface area contributed by atoms with E-state index in [1.54, 1.807) is 0 Å². The first-order valence-electron chi connectivity index (χ1n) is 18.4. The van der Waals surface area contributed by atoms with E-state index in [1.807, 2.05) is 0 Å². The maximum Gasteiger partial charge on any atom is 0.187 e. The summed E-state index contributed by atoms with van der Waals surface area (Å²) >= 11 is 0. The van der Waals surface area contributed by atoms with Gasteiger partial charge >= 0.3 is 0 Å². The van der Waals surface area contributed by atoms with E-state index in [9.17, 15) is 61.3 Å². The number of ether oxygens (including phenoxy) is 7. The van der Waals surface area contributed by atoms with Crippen molar-refractivity contribution in [2.45, 2.75) is 181 Å². The highest BCUT2D eigenvalue weighted by atomic mass is 16.7. The SMILES string of the molecule is CC1OC(OCC2OC(OC3CC4C(O)CC(OC5OC(CO)C(O)C(O)C5O)CC4[OH+]C3C3CCC(O)CC3)C(O)C(O)C2O)C(O)C(O)C1O. The van der Waals surface area contributed by atoms with Crippen molar-refractivity contribution in [1.82, 2.24) is 0 Å². The molecule has 0 aromatic heterocycles. The fraction of sp³-hybridized carbons (Fsp3) is 1.00. The molecule has 2 aliphatic carbocycles. The summed E-state index contributed by atoms with van der Waals surface area (Å²) in [6.45, 7) is 0.402. The summed E-state index contributed by atoms with van der Waals surface area (Å²) in [5, 5.41) is 125. The van der Waals surface area contributed by atoms with Crippen molar-refractivity contribution in [3.8, 4) is 0 Å². The smallest absolute Gasteiger partial charge is 0.187 e. The quantitative estimate of drug-likeness (QED) is 0.0975. The molecule has 4 saturated heterocycles. The largest absolute Gasteiger partial charge is 0.427 e. The highest BCUT2D eigenvalue weighted by Gasteiger charge is 2.56. The first-order chi connectivity index (χ1) is 24.7. The minimum absolute atomic E-state index is 0.0534. The Morgan fingerprint density at radius 2 is 1.17 bits per heavy atom. The van der Waals surface area contributed by atoms with Crippen LogP contribution in [0.15, 0.2) is 0 Å². The van der Waals surface area contributed by atoms with Gasteiger partial charge in [0, 0.05) is 18.8 Å². The Morgan fingerprint density at radius 1 is 0.596 bits per heavy atom. The van der Waals surface area contributed by atoms with Crippen LogP contribution in [0.5, 0.6) is 0 Å². The van der Waals surface area contributed by atoms with E-state index in [0.717, 1.165) is 0 Å². The van der Waals surface area contributed by atoms with Crippen LogP contribution in [0.25, 0.3) is 0 Å². The molecule has 19 nitrogen and oxygen atoms in total. The van der Waals surface area contributed by atoms with Crippen molar-refractivity contribution < 1.29 is 94.4 Å². The lowest BCUT2D eigenvalue weighted by Gasteiger charge is -2.49. The van der Waals surface area contributed by atoms with Gasteiger partial charge in [-0.05, 0) is 39.0 Å². The molecule has 6 aliphatic rings. The van der Waals surface area contributed by atoms with Gasteiger partial charge < -0.3 is 94.4 Å². The lowest BCUT2D eigenvalue weighted by atomic mass is 9.73. The van der Waals surface area contributed by atoms with Crippen molar-refractivity contribution >= 4 is 0 Å². The molecule has 4 aliphatic heterocycles. The third-order valence-electron chi connectivity index (χ3n) is 11.9. The Morgan fingerprint density at radius 3 is 1.83 bits per heavy atom. The fourth-order valence-electron chi connectivity index (χ4n) is 8.62. The zero-order valence-corrected chi connectivity index (χ0v) is 28.9. The summed E-state index contributed by atoms with van der Waals surface area (Å²) in [5.41, 5.74) is 0. The molecule has 0 aromatic rings. The lowest BCUT2D eigenvalue weighted by molar-refractivity contribution is -0.366. The molecule has 0 bridgehead atoms. The summed E-state index contributed by atoms with van der Waals surface area (Å²) in [7, 11) is 0. The summed E-state index contributed by atoms with van der Waals surface area (Å²) in [4.78, 5) is 0. The van der Waals surface area contributed by atoms with Crippen molar-refractivity contribution in [3.05, 3.63) is 0 Å². The van der Waals surface area contributed by atoms with E-state index in [-0.39, 0.29) is 18.8 Å². The first-order valence-corrected chi connectivity index (χ1v) is 18.4. The zero-order valence-electron chi connectivity index (χ0n) is 28.9. The predicted octanol–water partition coefficient (Wildman–Crippen LogP) is -5.80. The van der Waals surface area contributed by atoms with Crippen molar-refractivity contribution in [1.29, 1.82) is 0 Å². The molecule has 0 spiro atoms. The number of hydrogen-bond donors (Lipinski definition) is 12. The van der Waals surface area contributed by atoms with Gasteiger partial charge in [-0.15, -0.1) is 0 Å². The van der Waals surface area contributed by atoms with Gasteiger partial charge in [0.15, 0.2) is 31.1 Å². The maximum atomic E-state index is 11.4. The van der Waals surface area contributed by atoms with Gasteiger partial charge in [0.25, 0.3) is 0 Å². The van der Waals surface area contributed by atoms with Crippen LogP contribution in [0, 0.1) is 11.8 Å². The molecular weight excluding hydrogens is 700 g/mol. The molecule has 6 fully saturated rings. The standard InChI is InChI=1S/C33H56O19/c1-11-21(37)24(40)27(43)31(47-11)46-10-20-23(39)26(42)29(45)33(52-20)50-18-8-15-16(36)6-14(48-32-28(44)25(41)22(38)19(9-34)51-32)7-17(15)49-30(18)12-2-4-13(35)5-3-12/h11-45H,2-10H2,1H3/p+1. The second-order valence-corrected chi connectivity index (χ2v) is 15.4. The number of hydrogen-bond acceptors (Lipinski definition) is 18. The molecular formula is C33H57O19+. The van der Waals surface area contributed by atoms with Gasteiger partial charge in [0.05, 0.1) is 43.5 Å². The van der Waals surface area contributed by atoms with Crippen LogP contribution in [-0.2, 0) is 28.4 Å². The molecule has 52 heavy (non-hydrogen) atoms. The molecule has 21 atom stereocenters. The monoisotopic (exact) mass is 757 g/mol. The minimum atomic E-state index is -1.73. The molecule has 2 saturated carbocycles. The molecule has 13 N–H and O–H groups in total. The molecule has 302 valence electrons. The fourth-order valence-corrected chi connectivity index (χ4v) is 8.62. The number of fused-ring (bicyclic) bond motifs is 1. The molecule has 4 heterocycles. The van der Waals surface area contributed by atoms with Crippen LogP contribution in [0.3, 0.4) is 0 Å². The Hall–Kier alpha value is -0.760. The molecule has 0 amide bonds. The van der Waals surface area contributed by atoms with Crippen LogP contribution in [0.1, 0.15) is 51.9 Å². The van der Waals surface area contributed by atoms with E-state index < -0.39 is 148 Å². The highest BCUT2D eigenvalue weighted by Crippen LogP contribution is 2.43. The Balaban J connectivity index is 1.13. The summed E-state index contributed by atoms with van der Waals surface area (Å²) in [5.74, 6) is -0.489. The van der Waals surface area contributed by atoms with E-state index >= 15 is 0 Å². The van der Waals surface area contributed by atoms with Gasteiger partial charge in [0.2, 0.25) is 0 Å². The number of aliphatic hydroxyl groups excluding tert-OH is 12. The van der Waals surface area contributed by atoms with Crippen LogP contribution in [-0.4, -0.2) is 208 Å². The summed E-state index contributed by atoms with van der Waals surface area (Å²) in [6, 6.07) is 0. The van der Waals surface area contributed by atoms with Gasteiger partial charge in [-0.2, -0.15) is 0 Å². The Labute approximate surface area is 300 Å². The maximum absolute atomic E-state index is 11.4. The van der Waals surface area contributed by atoms with E-state index in [4.69, 9.17) is 33.2 Å². The third-order valence-corrected chi connectivity index (χ3v) is 11.9. The Bertz CT molecular complexity index is 1130. The van der Waals surface area contributed by atoms with Crippen LogP contribution in [0.4, 0.5) is 0 Å². The molecule has 6 rings (SSSR count). The Kier molecular flexibility index (Phi) is 13.5. The van der Waals surface area contributed by atoms with Crippen LogP contribution >= 0.6 is 0 Å². The van der Waals surface area contributed by atoms with Gasteiger partial charge in [0.1, 0.15) is 73.2 Å².